The van der Waals surface area contributed by atoms with Crippen LogP contribution in [0.15, 0.2) is 24.3 Å². The molecule has 0 fully saturated rings. The molecule has 0 spiro atoms. The van der Waals surface area contributed by atoms with E-state index in [0.29, 0.717) is 23.5 Å². The third kappa shape index (κ3) is 2.79. The summed E-state index contributed by atoms with van der Waals surface area (Å²) in [5.74, 6) is 0.721. The van der Waals surface area contributed by atoms with Crippen molar-refractivity contribution in [3.8, 4) is 17.3 Å². The maximum atomic E-state index is 11.2. The molecular weight excluding hydrogens is 264 g/mol. The van der Waals surface area contributed by atoms with Crippen LogP contribution in [0.4, 0.5) is 5.82 Å². The summed E-state index contributed by atoms with van der Waals surface area (Å²) < 4.78 is 1.35. The average molecular weight is 282 g/mol. The molecule has 5 nitrogen and oxygen atoms in total. The molecule has 2 aromatic rings. The van der Waals surface area contributed by atoms with Gasteiger partial charge in [-0.1, -0.05) is 38.1 Å². The Balaban J connectivity index is 2.44. The van der Waals surface area contributed by atoms with Crippen molar-refractivity contribution < 1.29 is 4.79 Å². The van der Waals surface area contributed by atoms with Crippen LogP contribution in [0.1, 0.15) is 42.1 Å². The molecule has 108 valence electrons. The van der Waals surface area contributed by atoms with Gasteiger partial charge in [0.2, 0.25) is 0 Å². The van der Waals surface area contributed by atoms with Crippen LogP contribution in [-0.2, 0) is 6.54 Å². The summed E-state index contributed by atoms with van der Waals surface area (Å²) in [5, 5.41) is 13.0. The second kappa shape index (κ2) is 6.23. The summed E-state index contributed by atoms with van der Waals surface area (Å²) >= 11 is 0. The standard InChI is InChI=1S/C16H18N4O/c1-3-11(2)12-4-6-13(7-5-12)15-14(10-21)16(18)20(19-15)9-8-17/h4-7,10-11H,3,9,18H2,1-2H3. The normalized spacial score (nSPS) is 11.9. The number of rotatable bonds is 5. The van der Waals surface area contributed by atoms with E-state index in [4.69, 9.17) is 11.0 Å². The van der Waals surface area contributed by atoms with Gasteiger partial charge < -0.3 is 5.73 Å². The average Bonchev–Trinajstić information content (AvgIpc) is 2.83. The summed E-state index contributed by atoms with van der Waals surface area (Å²) in [6.07, 6.45) is 1.76. The summed E-state index contributed by atoms with van der Waals surface area (Å²) in [6, 6.07) is 9.93. The molecule has 0 bridgehead atoms. The van der Waals surface area contributed by atoms with Gasteiger partial charge >= 0.3 is 0 Å². The van der Waals surface area contributed by atoms with Crippen LogP contribution in [0.2, 0.25) is 0 Å². The van der Waals surface area contributed by atoms with Crippen LogP contribution in [-0.4, -0.2) is 16.1 Å². The number of nitrogens with zero attached hydrogens (tertiary/aromatic N) is 3. The fourth-order valence-corrected chi connectivity index (χ4v) is 2.21. The lowest BCUT2D eigenvalue weighted by Crippen LogP contribution is -2.03. The van der Waals surface area contributed by atoms with Gasteiger partial charge in [-0.3, -0.25) is 4.79 Å². The third-order valence-electron chi connectivity index (χ3n) is 3.73. The summed E-state index contributed by atoms with van der Waals surface area (Å²) in [7, 11) is 0. The lowest BCUT2D eigenvalue weighted by Gasteiger charge is -2.09. The van der Waals surface area contributed by atoms with E-state index in [1.165, 1.54) is 10.2 Å². The largest absolute Gasteiger partial charge is 0.383 e. The zero-order valence-electron chi connectivity index (χ0n) is 12.2. The maximum Gasteiger partial charge on any atom is 0.156 e. The molecule has 1 aromatic carbocycles. The molecule has 0 amide bonds. The summed E-state index contributed by atoms with van der Waals surface area (Å²) in [5.41, 5.74) is 8.79. The van der Waals surface area contributed by atoms with Crippen molar-refractivity contribution in [2.75, 3.05) is 5.73 Å². The lowest BCUT2D eigenvalue weighted by atomic mass is 9.96. The van der Waals surface area contributed by atoms with Gasteiger partial charge in [-0.15, -0.1) is 0 Å². The molecule has 2 N–H and O–H groups in total. The maximum absolute atomic E-state index is 11.2. The van der Waals surface area contributed by atoms with E-state index in [0.717, 1.165) is 12.0 Å². The van der Waals surface area contributed by atoms with E-state index in [1.807, 2.05) is 30.3 Å². The number of carbonyl (C=O) groups is 1. The van der Waals surface area contributed by atoms with Gasteiger partial charge in [0.1, 0.15) is 18.1 Å². The first kappa shape index (κ1) is 14.8. The van der Waals surface area contributed by atoms with Crippen LogP contribution < -0.4 is 5.73 Å². The van der Waals surface area contributed by atoms with Crippen LogP contribution in [0.3, 0.4) is 0 Å². The fourth-order valence-electron chi connectivity index (χ4n) is 2.21. The minimum atomic E-state index is 0.0254. The Morgan fingerprint density at radius 2 is 2.10 bits per heavy atom. The molecule has 0 aliphatic heterocycles. The van der Waals surface area contributed by atoms with Crippen LogP contribution in [0.5, 0.6) is 0 Å². The predicted octanol–water partition coefficient (Wildman–Crippen LogP) is 2.98. The van der Waals surface area contributed by atoms with E-state index in [9.17, 15) is 4.79 Å². The van der Waals surface area contributed by atoms with Crippen molar-refractivity contribution >= 4 is 12.1 Å². The van der Waals surface area contributed by atoms with Crippen LogP contribution in [0.25, 0.3) is 11.3 Å². The highest BCUT2D eigenvalue weighted by Gasteiger charge is 2.16. The third-order valence-corrected chi connectivity index (χ3v) is 3.73. The van der Waals surface area contributed by atoms with Gasteiger partial charge in [0.25, 0.3) is 0 Å². The highest BCUT2D eigenvalue weighted by molar-refractivity contribution is 5.91. The van der Waals surface area contributed by atoms with Crippen molar-refractivity contribution in [3.05, 3.63) is 35.4 Å². The number of carbonyl (C=O) groups excluding carboxylic acids is 1. The smallest absolute Gasteiger partial charge is 0.156 e. The second-order valence-electron chi connectivity index (χ2n) is 5.01. The number of hydrogen-bond donors (Lipinski definition) is 1. The van der Waals surface area contributed by atoms with Crippen molar-refractivity contribution in [1.29, 1.82) is 5.26 Å². The van der Waals surface area contributed by atoms with Crippen molar-refractivity contribution in [3.63, 3.8) is 0 Å². The molecule has 21 heavy (non-hydrogen) atoms. The molecule has 2 rings (SSSR count). The molecule has 0 saturated carbocycles. The van der Waals surface area contributed by atoms with Gasteiger partial charge in [-0.05, 0) is 17.9 Å². The first-order chi connectivity index (χ1) is 10.1. The molecule has 1 aromatic heterocycles. The SMILES string of the molecule is CCC(C)c1ccc(-c2nn(CC#N)c(N)c2C=O)cc1. The number of hydrogen-bond acceptors (Lipinski definition) is 4. The van der Waals surface area contributed by atoms with Crippen molar-refractivity contribution in [1.82, 2.24) is 9.78 Å². The quantitative estimate of drug-likeness (QED) is 0.854. The van der Waals surface area contributed by atoms with Gasteiger partial charge in [0.15, 0.2) is 6.29 Å². The van der Waals surface area contributed by atoms with Gasteiger partial charge in [0.05, 0.1) is 11.6 Å². The monoisotopic (exact) mass is 282 g/mol. The molecule has 0 saturated heterocycles. The first-order valence-corrected chi connectivity index (χ1v) is 6.91. The zero-order valence-corrected chi connectivity index (χ0v) is 12.2. The van der Waals surface area contributed by atoms with Crippen LogP contribution >= 0.6 is 0 Å². The number of aromatic nitrogens is 2. The van der Waals surface area contributed by atoms with Gasteiger partial charge in [-0.25, -0.2) is 4.68 Å². The Morgan fingerprint density at radius 3 is 2.62 bits per heavy atom. The molecule has 1 heterocycles. The minimum absolute atomic E-state index is 0.0254. The molecule has 0 radical (unpaired) electrons. The minimum Gasteiger partial charge on any atom is -0.383 e. The lowest BCUT2D eigenvalue weighted by molar-refractivity contribution is 0.112. The zero-order chi connectivity index (χ0) is 15.4. The number of nitrogens with two attached hydrogens (primary N) is 1. The molecule has 1 atom stereocenters. The van der Waals surface area contributed by atoms with E-state index in [1.54, 1.807) is 0 Å². The van der Waals surface area contributed by atoms with Crippen molar-refractivity contribution in [2.45, 2.75) is 32.7 Å². The summed E-state index contributed by atoms with van der Waals surface area (Å²) in [4.78, 5) is 11.2. The van der Waals surface area contributed by atoms with E-state index < -0.39 is 0 Å². The highest BCUT2D eigenvalue weighted by Crippen LogP contribution is 2.28. The fraction of sp³-hybridized carbons (Fsp3) is 0.312. The number of benzene rings is 1. The topological polar surface area (TPSA) is 84.7 Å². The van der Waals surface area contributed by atoms with Crippen LogP contribution in [0, 0.1) is 11.3 Å². The molecule has 0 aliphatic carbocycles. The Bertz CT molecular complexity index is 680. The number of nitriles is 1. The molecule has 1 unspecified atom stereocenters. The number of aldehydes is 1. The second-order valence-corrected chi connectivity index (χ2v) is 5.01. The Labute approximate surface area is 124 Å². The Hall–Kier alpha value is -2.61. The predicted molar refractivity (Wildman–Crippen MR) is 81.8 cm³/mol. The molecule has 5 heteroatoms. The molecular formula is C16H18N4O. The Kier molecular flexibility index (Phi) is 4.39. The molecule has 0 aliphatic rings. The van der Waals surface area contributed by atoms with E-state index >= 15 is 0 Å². The summed E-state index contributed by atoms with van der Waals surface area (Å²) in [6.45, 7) is 4.34. The van der Waals surface area contributed by atoms with Crippen molar-refractivity contribution in [2.24, 2.45) is 0 Å². The van der Waals surface area contributed by atoms with E-state index in [2.05, 4.69) is 18.9 Å². The highest BCUT2D eigenvalue weighted by atomic mass is 16.1. The number of anilines is 1. The Morgan fingerprint density at radius 1 is 1.43 bits per heavy atom. The van der Waals surface area contributed by atoms with Gasteiger partial charge in [0, 0.05) is 5.56 Å². The van der Waals surface area contributed by atoms with Gasteiger partial charge in [-0.2, -0.15) is 10.4 Å². The number of nitrogen functional groups attached to an aromatic ring is 1. The van der Waals surface area contributed by atoms with E-state index in [-0.39, 0.29) is 12.4 Å². The first-order valence-electron chi connectivity index (χ1n) is 6.91.